The first kappa shape index (κ1) is 29.4. The molecule has 0 saturated carbocycles. The minimum atomic E-state index is -4.70. The van der Waals surface area contributed by atoms with Gasteiger partial charge in [0, 0.05) is 30.4 Å². The Morgan fingerprint density at radius 1 is 1.12 bits per heavy atom. The number of benzene rings is 2. The summed E-state index contributed by atoms with van der Waals surface area (Å²) in [6, 6.07) is 6.71. The number of aliphatic hydroxyl groups is 1. The fourth-order valence-electron chi connectivity index (χ4n) is 5.27. The maximum absolute atomic E-state index is 14.1. The van der Waals surface area contributed by atoms with Gasteiger partial charge in [-0.2, -0.15) is 18.3 Å². The van der Waals surface area contributed by atoms with E-state index < -0.39 is 34.8 Å². The summed E-state index contributed by atoms with van der Waals surface area (Å²) in [6.07, 6.45) is -1.99. The molecular weight excluding hydrogens is 525 g/mol. The summed E-state index contributed by atoms with van der Waals surface area (Å²) in [5.41, 5.74) is -1.21. The number of carboxylic acid groups (broad SMARTS) is 1. The molecule has 216 valence electrons. The number of hydrogen-bond donors (Lipinski definition) is 3. The fraction of sp³-hybridized carbons (Fsp3) is 0.483. The number of aryl methyl sites for hydroxylation is 1. The van der Waals surface area contributed by atoms with Crippen molar-refractivity contribution in [3.8, 4) is 5.69 Å². The van der Waals surface area contributed by atoms with E-state index in [1.165, 1.54) is 21.8 Å². The van der Waals surface area contributed by atoms with E-state index in [2.05, 4.69) is 10.4 Å². The number of urea groups is 1. The van der Waals surface area contributed by atoms with Gasteiger partial charge in [0.1, 0.15) is 0 Å². The number of hydrogen-bond acceptors (Lipinski definition) is 4. The molecule has 0 atom stereocenters. The Bertz CT molecular complexity index is 1440. The number of rotatable bonds is 6. The molecular formula is C29H35F3N4O4. The molecule has 1 aromatic heterocycles. The van der Waals surface area contributed by atoms with E-state index in [0.717, 1.165) is 6.07 Å². The van der Waals surface area contributed by atoms with Crippen LogP contribution in [0.2, 0.25) is 0 Å². The Labute approximate surface area is 230 Å². The number of halogens is 3. The van der Waals surface area contributed by atoms with Gasteiger partial charge in [0.2, 0.25) is 0 Å². The van der Waals surface area contributed by atoms with Gasteiger partial charge in [-0.1, -0.05) is 26.0 Å². The van der Waals surface area contributed by atoms with Gasteiger partial charge in [0.05, 0.1) is 27.8 Å². The Morgan fingerprint density at radius 2 is 1.77 bits per heavy atom. The fourth-order valence-corrected chi connectivity index (χ4v) is 5.27. The Morgan fingerprint density at radius 3 is 2.33 bits per heavy atom. The SMILES string of the molecule is Cc1cc(C(C)(C)C(=O)O)ccc1-n1cc2c(C(F)(F)F)cc(NC(=O)N3CCC(O)(CC(C)C)CC3)cc2n1. The summed E-state index contributed by atoms with van der Waals surface area (Å²) < 4.78 is 43.6. The molecule has 3 N–H and O–H groups in total. The van der Waals surface area contributed by atoms with Gasteiger partial charge < -0.3 is 20.4 Å². The molecule has 3 aromatic rings. The van der Waals surface area contributed by atoms with Crippen molar-refractivity contribution in [1.29, 1.82) is 0 Å². The number of aromatic nitrogens is 2. The number of fused-ring (bicyclic) bond motifs is 1. The molecule has 1 fully saturated rings. The van der Waals surface area contributed by atoms with E-state index >= 15 is 0 Å². The van der Waals surface area contributed by atoms with E-state index in [9.17, 15) is 33.0 Å². The normalized spacial score (nSPS) is 16.0. The predicted octanol–water partition coefficient (Wildman–Crippen LogP) is 6.12. The van der Waals surface area contributed by atoms with Crippen LogP contribution in [0.4, 0.5) is 23.7 Å². The summed E-state index contributed by atoms with van der Waals surface area (Å²) in [4.78, 5) is 26.1. The van der Waals surface area contributed by atoms with E-state index in [1.807, 2.05) is 13.8 Å². The van der Waals surface area contributed by atoms with Gasteiger partial charge in [0.15, 0.2) is 0 Å². The van der Waals surface area contributed by atoms with Crippen LogP contribution in [0.25, 0.3) is 16.6 Å². The lowest BCUT2D eigenvalue weighted by atomic mass is 9.84. The highest BCUT2D eigenvalue weighted by Crippen LogP contribution is 2.38. The summed E-state index contributed by atoms with van der Waals surface area (Å²) in [7, 11) is 0. The maximum Gasteiger partial charge on any atom is 0.417 e. The number of nitrogens with one attached hydrogen (secondary N) is 1. The van der Waals surface area contributed by atoms with Crippen LogP contribution in [0.5, 0.6) is 0 Å². The van der Waals surface area contributed by atoms with Crippen molar-refractivity contribution < 1.29 is 33.0 Å². The molecule has 8 nitrogen and oxygen atoms in total. The molecule has 1 saturated heterocycles. The zero-order valence-electron chi connectivity index (χ0n) is 23.3. The van der Waals surface area contributed by atoms with Gasteiger partial charge in [-0.25, -0.2) is 9.48 Å². The van der Waals surface area contributed by atoms with Gasteiger partial charge in [-0.3, -0.25) is 4.79 Å². The highest BCUT2D eigenvalue weighted by molar-refractivity contribution is 5.94. The zero-order valence-corrected chi connectivity index (χ0v) is 23.3. The summed E-state index contributed by atoms with van der Waals surface area (Å²) in [6.45, 7) is 9.52. The van der Waals surface area contributed by atoms with Crippen molar-refractivity contribution in [2.24, 2.45) is 5.92 Å². The van der Waals surface area contributed by atoms with Crippen molar-refractivity contribution in [3.05, 3.63) is 53.2 Å². The standard InChI is InChI=1S/C29H35F3N4O4/c1-17(2)15-28(40)8-10-35(11-9-28)26(39)33-20-13-22(29(30,31)32)21-16-36(34-23(21)14-20)24-7-6-19(12-18(24)3)27(4,5)25(37)38/h6-7,12-14,16-17,40H,8-11,15H2,1-5H3,(H,33,39)(H,37,38). The molecule has 0 radical (unpaired) electrons. The second-order valence-electron chi connectivity index (χ2n) is 11.7. The molecule has 0 bridgehead atoms. The average Bonchev–Trinajstić information content (AvgIpc) is 3.26. The zero-order chi connectivity index (χ0) is 29.6. The number of carbonyl (C=O) groups excluding carboxylic acids is 1. The number of amides is 2. The molecule has 1 aliphatic heterocycles. The highest BCUT2D eigenvalue weighted by atomic mass is 19.4. The lowest BCUT2D eigenvalue weighted by molar-refractivity contribution is -0.142. The van der Waals surface area contributed by atoms with Crippen LogP contribution in [-0.2, 0) is 16.4 Å². The quantitative estimate of drug-likeness (QED) is 0.337. The Balaban J connectivity index is 1.63. The minimum Gasteiger partial charge on any atom is -0.481 e. The number of aliphatic carboxylic acids is 1. The van der Waals surface area contributed by atoms with E-state index in [-0.39, 0.29) is 16.6 Å². The number of anilines is 1. The van der Waals surface area contributed by atoms with Crippen LogP contribution in [0.15, 0.2) is 36.5 Å². The Kier molecular flexibility index (Phi) is 7.66. The number of alkyl halides is 3. The third-order valence-corrected chi connectivity index (χ3v) is 7.65. The van der Waals surface area contributed by atoms with Crippen LogP contribution >= 0.6 is 0 Å². The summed E-state index contributed by atoms with van der Waals surface area (Å²) in [5, 5.41) is 27.1. The van der Waals surface area contributed by atoms with E-state index in [1.54, 1.807) is 39.0 Å². The number of nitrogens with zero attached hydrogens (tertiary/aromatic N) is 3. The Hall–Kier alpha value is -3.60. The van der Waals surface area contributed by atoms with Gasteiger partial charge in [-0.05, 0) is 75.3 Å². The molecule has 4 rings (SSSR count). The van der Waals surface area contributed by atoms with Crippen LogP contribution in [0, 0.1) is 12.8 Å². The molecule has 0 spiro atoms. The second-order valence-corrected chi connectivity index (χ2v) is 11.7. The topological polar surface area (TPSA) is 108 Å². The molecule has 1 aliphatic rings. The largest absolute Gasteiger partial charge is 0.481 e. The van der Waals surface area contributed by atoms with Crippen LogP contribution in [0.1, 0.15) is 63.6 Å². The molecule has 0 unspecified atom stereocenters. The lowest BCUT2D eigenvalue weighted by Gasteiger charge is -2.39. The van der Waals surface area contributed by atoms with E-state index in [4.69, 9.17) is 0 Å². The molecule has 2 aromatic carbocycles. The average molecular weight is 561 g/mol. The highest BCUT2D eigenvalue weighted by Gasteiger charge is 2.36. The van der Waals surface area contributed by atoms with Crippen LogP contribution in [0.3, 0.4) is 0 Å². The van der Waals surface area contributed by atoms with Gasteiger partial charge in [-0.15, -0.1) is 0 Å². The molecule has 0 aliphatic carbocycles. The predicted molar refractivity (Wildman–Crippen MR) is 146 cm³/mol. The first-order chi connectivity index (χ1) is 18.5. The second kappa shape index (κ2) is 10.4. The minimum absolute atomic E-state index is 0.0339. The summed E-state index contributed by atoms with van der Waals surface area (Å²) >= 11 is 0. The molecule has 2 heterocycles. The number of likely N-dealkylation sites (tertiary alicyclic amines) is 1. The van der Waals surface area contributed by atoms with Crippen molar-refractivity contribution >= 4 is 28.6 Å². The third-order valence-electron chi connectivity index (χ3n) is 7.65. The maximum atomic E-state index is 14.1. The van der Waals surface area contributed by atoms with Crippen molar-refractivity contribution in [2.75, 3.05) is 18.4 Å². The third kappa shape index (κ3) is 5.94. The first-order valence-corrected chi connectivity index (χ1v) is 13.2. The molecule has 40 heavy (non-hydrogen) atoms. The van der Waals surface area contributed by atoms with Crippen molar-refractivity contribution in [2.45, 2.75) is 71.1 Å². The van der Waals surface area contributed by atoms with Crippen molar-refractivity contribution in [1.82, 2.24) is 14.7 Å². The molecule has 11 heteroatoms. The van der Waals surface area contributed by atoms with Gasteiger partial charge >= 0.3 is 18.2 Å². The molecule has 2 amide bonds. The van der Waals surface area contributed by atoms with Crippen LogP contribution < -0.4 is 5.32 Å². The number of carboxylic acids is 1. The van der Waals surface area contributed by atoms with Crippen molar-refractivity contribution in [3.63, 3.8) is 0 Å². The van der Waals surface area contributed by atoms with E-state index in [0.29, 0.717) is 55.1 Å². The number of carbonyl (C=O) groups is 2. The monoisotopic (exact) mass is 560 g/mol. The summed E-state index contributed by atoms with van der Waals surface area (Å²) in [5.74, 6) is -0.694. The lowest BCUT2D eigenvalue weighted by Crippen LogP contribution is -2.48. The number of piperidine rings is 1. The smallest absolute Gasteiger partial charge is 0.417 e. The van der Waals surface area contributed by atoms with Gasteiger partial charge in [0.25, 0.3) is 0 Å². The first-order valence-electron chi connectivity index (χ1n) is 13.2. The van der Waals surface area contributed by atoms with Crippen LogP contribution in [-0.4, -0.2) is 55.6 Å².